The van der Waals surface area contributed by atoms with Crippen molar-refractivity contribution >= 4 is 5.78 Å². The minimum absolute atomic E-state index is 0.0757. The van der Waals surface area contributed by atoms with Gasteiger partial charge in [-0.05, 0) is 50.4 Å². The minimum atomic E-state index is -0.307. The molecule has 2 saturated carbocycles. The predicted molar refractivity (Wildman–Crippen MR) is 183 cm³/mol. The largest absolute Gasteiger partial charge is 0.348 e. The van der Waals surface area contributed by atoms with E-state index in [1.807, 2.05) is 11.7 Å². The molecule has 0 amide bonds. The van der Waals surface area contributed by atoms with Crippen molar-refractivity contribution in [3.63, 3.8) is 0 Å². The van der Waals surface area contributed by atoms with Gasteiger partial charge in [0, 0.05) is 72.9 Å². The summed E-state index contributed by atoms with van der Waals surface area (Å²) < 4.78 is 16.2. The fraction of sp³-hybridized carbons (Fsp3) is 0.525. The van der Waals surface area contributed by atoms with E-state index >= 15 is 0 Å². The molecule has 0 radical (unpaired) electrons. The first kappa shape index (κ1) is 30.8. The zero-order chi connectivity index (χ0) is 32.4. The second-order valence-corrected chi connectivity index (χ2v) is 15.2. The molecule has 4 aromatic rings. The van der Waals surface area contributed by atoms with Crippen LogP contribution in [0.2, 0.25) is 0 Å². The molecule has 0 bridgehead atoms. The SMILES string of the molecule is Cn1nc2c(c1-c1ccccc1)CC[C@H]1CC(=O)CC[C@]21C.Cn1nc2c(c1-c1ccccc1)CC[C@H]1CC3(CC[C@]21C)OCCO3. The summed E-state index contributed by atoms with van der Waals surface area (Å²) in [5.41, 5.74) is 10.7. The maximum Gasteiger partial charge on any atom is 0.168 e. The molecule has 1 aliphatic heterocycles. The van der Waals surface area contributed by atoms with Crippen LogP contribution in [0.4, 0.5) is 0 Å². The monoisotopic (exact) mass is 632 g/mol. The maximum absolute atomic E-state index is 11.8. The summed E-state index contributed by atoms with van der Waals surface area (Å²) in [4.78, 5) is 11.8. The molecule has 7 nitrogen and oxygen atoms in total. The van der Waals surface area contributed by atoms with Crippen LogP contribution >= 0.6 is 0 Å². The van der Waals surface area contributed by atoms with Crippen molar-refractivity contribution < 1.29 is 14.3 Å². The second-order valence-electron chi connectivity index (χ2n) is 15.2. The molecule has 246 valence electrons. The molecular weight excluding hydrogens is 584 g/mol. The van der Waals surface area contributed by atoms with Gasteiger partial charge in [-0.1, -0.05) is 74.5 Å². The molecule has 4 aliphatic carbocycles. The van der Waals surface area contributed by atoms with Crippen molar-refractivity contribution in [2.75, 3.05) is 13.2 Å². The van der Waals surface area contributed by atoms with Gasteiger partial charge in [0.25, 0.3) is 0 Å². The van der Waals surface area contributed by atoms with Crippen molar-refractivity contribution in [2.45, 2.75) is 94.7 Å². The molecule has 3 heterocycles. The number of nitrogens with zero attached hydrogens (tertiary/aromatic N) is 4. The van der Waals surface area contributed by atoms with Crippen molar-refractivity contribution in [3.05, 3.63) is 83.2 Å². The van der Waals surface area contributed by atoms with Gasteiger partial charge in [-0.3, -0.25) is 14.2 Å². The number of ketones is 1. The molecule has 5 aliphatic rings. The third kappa shape index (κ3) is 5.04. The zero-order valence-corrected chi connectivity index (χ0v) is 28.4. The Morgan fingerprint density at radius 2 is 1.19 bits per heavy atom. The number of carbonyl (C=O) groups excluding carboxylic acids is 1. The summed E-state index contributed by atoms with van der Waals surface area (Å²) >= 11 is 0. The van der Waals surface area contributed by atoms with E-state index in [4.69, 9.17) is 19.7 Å². The van der Waals surface area contributed by atoms with E-state index in [0.717, 1.165) is 64.6 Å². The summed E-state index contributed by atoms with van der Waals surface area (Å²) in [6.45, 7) is 6.23. The fourth-order valence-electron chi connectivity index (χ4n) is 9.86. The van der Waals surface area contributed by atoms with E-state index in [1.54, 1.807) is 0 Å². The second kappa shape index (κ2) is 11.6. The summed E-state index contributed by atoms with van der Waals surface area (Å²) in [5.74, 6) is 1.19. The van der Waals surface area contributed by atoms with Gasteiger partial charge in [0.15, 0.2) is 5.79 Å². The first-order valence-corrected chi connectivity index (χ1v) is 17.7. The van der Waals surface area contributed by atoms with E-state index in [9.17, 15) is 4.79 Å². The summed E-state index contributed by atoms with van der Waals surface area (Å²) in [5, 5.41) is 9.95. The molecule has 2 aromatic heterocycles. The molecule has 47 heavy (non-hydrogen) atoms. The smallest absolute Gasteiger partial charge is 0.168 e. The number of benzene rings is 2. The van der Waals surface area contributed by atoms with E-state index in [-0.39, 0.29) is 16.6 Å². The Morgan fingerprint density at radius 1 is 0.681 bits per heavy atom. The molecule has 2 aromatic carbocycles. The normalized spacial score (nSPS) is 28.9. The average molecular weight is 633 g/mol. The highest BCUT2D eigenvalue weighted by atomic mass is 16.7. The molecule has 0 N–H and O–H groups in total. The van der Waals surface area contributed by atoms with Gasteiger partial charge >= 0.3 is 0 Å². The third-order valence-corrected chi connectivity index (χ3v) is 12.5. The average Bonchev–Trinajstić information content (AvgIpc) is 3.78. The van der Waals surface area contributed by atoms with Crippen molar-refractivity contribution in [2.24, 2.45) is 25.9 Å². The van der Waals surface area contributed by atoms with Gasteiger partial charge in [-0.15, -0.1) is 0 Å². The highest BCUT2D eigenvalue weighted by molar-refractivity contribution is 5.80. The number of aryl methyl sites for hydroxylation is 2. The summed E-state index contributed by atoms with van der Waals surface area (Å²) in [6, 6.07) is 21.2. The molecule has 0 unspecified atom stereocenters. The lowest BCUT2D eigenvalue weighted by Crippen LogP contribution is -2.49. The molecule has 9 rings (SSSR count). The Hall–Kier alpha value is -3.55. The van der Waals surface area contributed by atoms with E-state index in [1.165, 1.54) is 51.5 Å². The Morgan fingerprint density at radius 3 is 1.74 bits per heavy atom. The summed E-state index contributed by atoms with van der Waals surface area (Å²) in [6.07, 6.45) is 9.95. The number of Topliss-reactive ketones (excluding diaryl/α,β-unsaturated/α-hetero) is 1. The number of carbonyl (C=O) groups is 1. The van der Waals surface area contributed by atoms with E-state index in [0.29, 0.717) is 24.0 Å². The number of ether oxygens (including phenoxy) is 2. The predicted octanol–water partition coefficient (Wildman–Crippen LogP) is 7.49. The Labute approximate surface area is 278 Å². The zero-order valence-electron chi connectivity index (χ0n) is 28.4. The van der Waals surface area contributed by atoms with E-state index in [2.05, 4.69) is 86.2 Å². The van der Waals surface area contributed by atoms with Gasteiger partial charge in [-0.25, -0.2) is 0 Å². The first-order chi connectivity index (χ1) is 22.7. The number of rotatable bonds is 2. The molecule has 1 saturated heterocycles. The van der Waals surface area contributed by atoms with Crippen LogP contribution in [0.25, 0.3) is 22.5 Å². The van der Waals surface area contributed by atoms with Gasteiger partial charge in [-0.2, -0.15) is 10.2 Å². The van der Waals surface area contributed by atoms with Crippen LogP contribution in [-0.4, -0.2) is 44.3 Å². The van der Waals surface area contributed by atoms with Crippen LogP contribution in [0.5, 0.6) is 0 Å². The number of hydrogen-bond donors (Lipinski definition) is 0. The summed E-state index contributed by atoms with van der Waals surface area (Å²) in [7, 11) is 4.14. The van der Waals surface area contributed by atoms with E-state index < -0.39 is 0 Å². The quantitative estimate of drug-likeness (QED) is 0.229. The van der Waals surface area contributed by atoms with Gasteiger partial charge in [0.1, 0.15) is 5.78 Å². The highest BCUT2D eigenvalue weighted by Gasteiger charge is 2.54. The van der Waals surface area contributed by atoms with Crippen molar-refractivity contribution in [1.29, 1.82) is 0 Å². The van der Waals surface area contributed by atoms with Crippen molar-refractivity contribution in [1.82, 2.24) is 19.6 Å². The topological polar surface area (TPSA) is 71.2 Å². The molecule has 4 atom stereocenters. The lowest BCUT2D eigenvalue weighted by atomic mass is 9.58. The van der Waals surface area contributed by atoms with Crippen LogP contribution in [0, 0.1) is 11.8 Å². The molecule has 1 spiro atoms. The first-order valence-electron chi connectivity index (χ1n) is 17.7. The van der Waals surface area contributed by atoms with Crippen molar-refractivity contribution in [3.8, 4) is 22.5 Å². The minimum Gasteiger partial charge on any atom is -0.348 e. The van der Waals surface area contributed by atoms with Crippen LogP contribution < -0.4 is 0 Å². The number of hydrogen-bond acceptors (Lipinski definition) is 5. The van der Waals surface area contributed by atoms with Crippen LogP contribution in [0.3, 0.4) is 0 Å². The number of fused-ring (bicyclic) bond motifs is 6. The lowest BCUT2D eigenvalue weighted by Gasteiger charge is -2.49. The van der Waals surface area contributed by atoms with Crippen LogP contribution in [-0.2, 0) is 52.0 Å². The molecular formula is C40H48N4O3. The Balaban J connectivity index is 0.000000139. The van der Waals surface area contributed by atoms with Gasteiger partial charge in [0.05, 0.1) is 36.0 Å². The standard InChI is InChI=1S/C21H26N2O2.C19H22N2O/c1-20-10-11-21(24-12-13-25-21)14-16(20)8-9-17-18(23(2)22-19(17)20)15-6-4-3-5-7-15;1-19-11-10-15(22)12-14(19)8-9-16-17(21(2)20-18(16)19)13-6-4-3-5-7-13/h3-7,16H,8-14H2,1-2H3;3-7,14H,8-12H2,1-2H3/t16-,20-;14-,19-/m00/s1. The van der Waals surface area contributed by atoms with Gasteiger partial charge < -0.3 is 9.47 Å². The Bertz CT molecular complexity index is 1790. The Kier molecular flexibility index (Phi) is 7.56. The third-order valence-electron chi connectivity index (χ3n) is 12.5. The molecule has 7 heteroatoms. The van der Waals surface area contributed by atoms with Crippen LogP contribution in [0.15, 0.2) is 60.7 Å². The molecule has 3 fully saturated rings. The van der Waals surface area contributed by atoms with Gasteiger partial charge in [0.2, 0.25) is 0 Å². The highest BCUT2D eigenvalue weighted by Crippen LogP contribution is 2.55. The van der Waals surface area contributed by atoms with Crippen LogP contribution in [0.1, 0.15) is 87.7 Å². The number of aromatic nitrogens is 4. The maximum atomic E-state index is 11.8. The lowest BCUT2D eigenvalue weighted by molar-refractivity contribution is -0.199. The fourth-order valence-corrected chi connectivity index (χ4v) is 9.86.